The van der Waals surface area contributed by atoms with E-state index in [4.69, 9.17) is 19.4 Å². The van der Waals surface area contributed by atoms with Gasteiger partial charge in [0.25, 0.3) is 5.92 Å². The topological polar surface area (TPSA) is 233 Å². The molecule has 0 aliphatic carbocycles. The van der Waals surface area contributed by atoms with Crippen molar-refractivity contribution < 1.29 is 74.9 Å². The van der Waals surface area contributed by atoms with Crippen LogP contribution in [0.15, 0.2) is 42.6 Å². The molecule has 6 atom stereocenters. The fourth-order valence-electron chi connectivity index (χ4n) is 3.50. The van der Waals surface area contributed by atoms with Gasteiger partial charge in [-0.2, -0.15) is 17.4 Å². The second kappa shape index (κ2) is 11.5. The number of nitrogens with zero attached hydrogens (tertiary/aromatic N) is 2. The van der Waals surface area contributed by atoms with Crippen molar-refractivity contribution in [3.05, 3.63) is 48.2 Å². The Morgan fingerprint density at radius 3 is 2.24 bits per heavy atom. The molecule has 0 saturated carbocycles. The molecule has 3 unspecified atom stereocenters. The maximum atomic E-state index is 14.7. The number of carbonyl (C=O) groups excluding carboxylic acids is 1. The first-order chi connectivity index (χ1) is 17.4. The molecule has 16 nitrogen and oxygen atoms in total. The van der Waals surface area contributed by atoms with Crippen LogP contribution >= 0.6 is 23.5 Å². The van der Waals surface area contributed by atoms with E-state index in [9.17, 15) is 42.4 Å². The Bertz CT molecular complexity index is 1180. The Morgan fingerprint density at radius 1 is 1.00 bits per heavy atom. The number of rotatable bonds is 11. The number of aliphatic hydroxyl groups is 2. The Kier molecular flexibility index (Phi) is 9.33. The summed E-state index contributed by atoms with van der Waals surface area (Å²) >= 11 is 0. The third kappa shape index (κ3) is 8.19. The van der Waals surface area contributed by atoms with Crippen LogP contribution in [0, 0.1) is 0 Å². The first-order valence-electron chi connectivity index (χ1n) is 10.4. The normalized spacial score (nSPS) is 27.8. The molecule has 2 heterocycles. The Labute approximate surface area is 213 Å². The number of hydrogen-bond acceptors (Lipinski definition) is 11. The van der Waals surface area contributed by atoms with E-state index in [-0.39, 0.29) is 5.56 Å². The quantitative estimate of drug-likeness (QED) is 0.184. The SMILES string of the molecule is O=C1C=CN([C@@H]2O[C@H](COP(=O)(O)OP(=O)(O)OP(=O)(O)O)[C@H](O)C2O)CN1CC(F)(F)c1ccccc1. The molecule has 1 aromatic carbocycles. The summed E-state index contributed by atoms with van der Waals surface area (Å²) in [6.07, 6.45) is -4.57. The maximum Gasteiger partial charge on any atom is 0.490 e. The highest BCUT2D eigenvalue weighted by molar-refractivity contribution is 7.66. The molecule has 2 aliphatic rings. The monoisotopic (exact) mass is 610 g/mol. The molecule has 3 rings (SSSR count). The van der Waals surface area contributed by atoms with Crippen molar-refractivity contribution in [2.24, 2.45) is 0 Å². The van der Waals surface area contributed by atoms with Gasteiger partial charge < -0.3 is 44.3 Å². The molecule has 0 radical (unpaired) electrons. The fraction of sp³-hybridized carbons (Fsp3) is 0.471. The van der Waals surface area contributed by atoms with Crippen LogP contribution in [0.4, 0.5) is 8.78 Å². The average molecular weight is 610 g/mol. The number of alkyl halides is 2. The third-order valence-electron chi connectivity index (χ3n) is 5.12. The lowest BCUT2D eigenvalue weighted by atomic mass is 10.1. The number of ether oxygens (including phenoxy) is 1. The lowest BCUT2D eigenvalue weighted by Crippen LogP contribution is -2.52. The minimum Gasteiger partial charge on any atom is -0.387 e. The summed E-state index contributed by atoms with van der Waals surface area (Å²) < 4.78 is 80.3. The van der Waals surface area contributed by atoms with Gasteiger partial charge in [0.15, 0.2) is 6.23 Å². The Hall–Kier alpha value is -1.62. The maximum absolute atomic E-state index is 14.7. The summed E-state index contributed by atoms with van der Waals surface area (Å²) in [6.45, 7) is -2.60. The summed E-state index contributed by atoms with van der Waals surface area (Å²) in [5.74, 6) is -4.20. The van der Waals surface area contributed by atoms with Gasteiger partial charge in [0, 0.05) is 17.8 Å². The van der Waals surface area contributed by atoms with Gasteiger partial charge in [-0.3, -0.25) is 9.32 Å². The van der Waals surface area contributed by atoms with Crippen molar-refractivity contribution in [2.45, 2.75) is 30.5 Å². The van der Waals surface area contributed by atoms with E-state index in [1.165, 1.54) is 24.3 Å². The second-order valence-corrected chi connectivity index (χ2v) is 12.4. The number of benzene rings is 1. The lowest BCUT2D eigenvalue weighted by molar-refractivity contribution is -0.145. The molecule has 0 spiro atoms. The van der Waals surface area contributed by atoms with Crippen molar-refractivity contribution in [1.29, 1.82) is 0 Å². The molecule has 2 aliphatic heterocycles. The fourth-order valence-corrected chi connectivity index (χ4v) is 6.53. The average Bonchev–Trinajstić information content (AvgIpc) is 3.06. The minimum absolute atomic E-state index is 0.340. The first kappa shape index (κ1) is 30.9. The summed E-state index contributed by atoms with van der Waals surface area (Å²) in [5.41, 5.74) is -0.340. The molecule has 0 aromatic heterocycles. The molecule has 214 valence electrons. The summed E-state index contributed by atoms with van der Waals surface area (Å²) in [7, 11) is -16.9. The van der Waals surface area contributed by atoms with Gasteiger partial charge in [-0.25, -0.2) is 13.7 Å². The first-order valence-corrected chi connectivity index (χ1v) is 14.9. The van der Waals surface area contributed by atoms with Crippen molar-refractivity contribution in [3.63, 3.8) is 0 Å². The number of amides is 1. The number of halogens is 2. The summed E-state index contributed by atoms with van der Waals surface area (Å²) in [4.78, 5) is 49.9. The number of phosphoric ester groups is 1. The predicted molar refractivity (Wildman–Crippen MR) is 118 cm³/mol. The van der Waals surface area contributed by atoms with E-state index in [1.54, 1.807) is 6.07 Å². The van der Waals surface area contributed by atoms with Gasteiger partial charge in [-0.1, -0.05) is 30.3 Å². The predicted octanol–water partition coefficient (Wildman–Crippen LogP) is 0.184. The van der Waals surface area contributed by atoms with Crippen molar-refractivity contribution in [3.8, 4) is 0 Å². The summed E-state index contributed by atoms with van der Waals surface area (Å²) in [5, 5.41) is 20.6. The van der Waals surface area contributed by atoms with Crippen LogP contribution in [-0.2, 0) is 42.3 Å². The minimum atomic E-state index is -5.78. The Morgan fingerprint density at radius 2 is 1.63 bits per heavy atom. The molecule has 21 heteroatoms. The number of phosphoric acid groups is 3. The van der Waals surface area contributed by atoms with Crippen molar-refractivity contribution in [1.82, 2.24) is 9.80 Å². The highest BCUT2D eigenvalue weighted by Gasteiger charge is 2.48. The summed E-state index contributed by atoms with van der Waals surface area (Å²) in [6, 6.07) is 6.72. The van der Waals surface area contributed by atoms with Crippen LogP contribution in [0.3, 0.4) is 0 Å². The van der Waals surface area contributed by atoms with Crippen molar-refractivity contribution >= 4 is 29.4 Å². The molecule has 6 N–H and O–H groups in total. The van der Waals surface area contributed by atoms with E-state index in [1.807, 2.05) is 0 Å². The molecular weight excluding hydrogens is 587 g/mol. The number of aliphatic hydroxyl groups excluding tert-OH is 2. The van der Waals surface area contributed by atoms with Crippen LogP contribution in [0.1, 0.15) is 5.56 Å². The van der Waals surface area contributed by atoms with Crippen LogP contribution in [0.2, 0.25) is 0 Å². The second-order valence-electron chi connectivity index (χ2n) is 8.01. The zero-order valence-electron chi connectivity index (χ0n) is 18.9. The van der Waals surface area contributed by atoms with Gasteiger partial charge in [-0.05, 0) is 0 Å². The molecule has 38 heavy (non-hydrogen) atoms. The van der Waals surface area contributed by atoms with Gasteiger partial charge in [0.2, 0.25) is 5.91 Å². The van der Waals surface area contributed by atoms with Gasteiger partial charge in [-0.15, -0.1) is 0 Å². The van der Waals surface area contributed by atoms with E-state index in [0.29, 0.717) is 0 Å². The molecular formula is C17H23F2N2O14P3. The number of carbonyl (C=O) groups is 1. The van der Waals surface area contributed by atoms with Crippen molar-refractivity contribution in [2.75, 3.05) is 19.8 Å². The van der Waals surface area contributed by atoms with E-state index in [2.05, 4.69) is 13.1 Å². The molecule has 1 aromatic rings. The smallest absolute Gasteiger partial charge is 0.387 e. The lowest BCUT2D eigenvalue weighted by Gasteiger charge is -2.38. The van der Waals surface area contributed by atoms with Gasteiger partial charge >= 0.3 is 23.5 Å². The zero-order valence-corrected chi connectivity index (χ0v) is 21.6. The third-order valence-corrected chi connectivity index (χ3v) is 8.92. The molecule has 0 bridgehead atoms. The standard InChI is InChI=1S/C17H23F2N2O14P3/c18-17(19,11-4-2-1-3-5-11)9-21-10-20(7-6-13(21)22)16-15(24)14(23)12(33-16)8-32-37(28,29)35-38(30,31)34-36(25,26)27/h1-7,12,14-16,23-24H,8-10H2,(H,28,29)(H,30,31)(H2,25,26,27)/t12-,14+,15?,16-/m1/s1. The van der Waals surface area contributed by atoms with Crippen LogP contribution < -0.4 is 0 Å². The van der Waals surface area contributed by atoms with Crippen LogP contribution in [-0.4, -0.2) is 89.9 Å². The molecule has 1 saturated heterocycles. The largest absolute Gasteiger partial charge is 0.490 e. The van der Waals surface area contributed by atoms with Gasteiger partial charge in [0.1, 0.15) is 18.3 Å². The van der Waals surface area contributed by atoms with E-state index < -0.39 is 79.7 Å². The molecule has 1 fully saturated rings. The zero-order chi connectivity index (χ0) is 28.5. The van der Waals surface area contributed by atoms with Crippen LogP contribution in [0.5, 0.6) is 0 Å². The Balaban J connectivity index is 1.63. The van der Waals surface area contributed by atoms with E-state index >= 15 is 0 Å². The van der Waals surface area contributed by atoms with Gasteiger partial charge in [0.05, 0.1) is 19.8 Å². The molecule has 1 amide bonds. The van der Waals surface area contributed by atoms with E-state index in [0.717, 1.165) is 22.1 Å². The highest BCUT2D eigenvalue weighted by atomic mass is 31.3. The number of hydrogen-bond donors (Lipinski definition) is 6. The highest BCUT2D eigenvalue weighted by Crippen LogP contribution is 2.66. The van der Waals surface area contributed by atoms with Crippen LogP contribution in [0.25, 0.3) is 0 Å².